The number of nitrogens with zero attached hydrogens (tertiary/aromatic N) is 1. The van der Waals surface area contributed by atoms with Crippen molar-refractivity contribution in [3.8, 4) is 0 Å². The summed E-state index contributed by atoms with van der Waals surface area (Å²) in [5.74, 6) is 0. The number of nitrogens with two attached hydrogens (primary N) is 1. The fourth-order valence-electron chi connectivity index (χ4n) is 0.783. The average molecular weight is 155 g/mol. The molecule has 1 heterocycles. The van der Waals surface area contributed by atoms with Crippen LogP contribution in [0.25, 0.3) is 0 Å². The van der Waals surface area contributed by atoms with E-state index in [1.807, 2.05) is 19.2 Å². The Labute approximate surface area is 66.2 Å². The smallest absolute Gasteiger partial charge is 0.0742 e. The van der Waals surface area contributed by atoms with E-state index in [4.69, 9.17) is 10.6 Å². The van der Waals surface area contributed by atoms with E-state index in [1.54, 1.807) is 11.4 Å². The summed E-state index contributed by atoms with van der Waals surface area (Å²) in [5, 5.41) is 1.54. The SMILES string of the molecule is CCON1C=C(CN)C=CN1. The lowest BCUT2D eigenvalue weighted by Crippen LogP contribution is -2.32. The second kappa shape index (κ2) is 4.00. The molecule has 1 rings (SSSR count). The quantitative estimate of drug-likeness (QED) is 0.607. The van der Waals surface area contributed by atoms with Crippen molar-refractivity contribution in [3.05, 3.63) is 24.0 Å². The van der Waals surface area contributed by atoms with Crippen LogP contribution in [0, 0.1) is 0 Å². The number of hydrogen-bond donors (Lipinski definition) is 2. The predicted octanol–water partition coefficient (Wildman–Crippen LogP) is 0.114. The molecule has 0 radical (unpaired) electrons. The Morgan fingerprint density at radius 1 is 1.73 bits per heavy atom. The van der Waals surface area contributed by atoms with Crippen LogP contribution in [0.4, 0.5) is 0 Å². The molecular weight excluding hydrogens is 142 g/mol. The average Bonchev–Trinajstić information content (AvgIpc) is 2.06. The Hall–Kier alpha value is -1.00. The molecule has 0 aliphatic carbocycles. The second-order valence-electron chi connectivity index (χ2n) is 2.11. The topological polar surface area (TPSA) is 50.5 Å². The molecule has 0 aromatic rings. The number of hydrazine groups is 1. The molecule has 0 aromatic carbocycles. The number of nitrogens with one attached hydrogen (secondary N) is 1. The van der Waals surface area contributed by atoms with Gasteiger partial charge in [-0.05, 0) is 18.6 Å². The minimum absolute atomic E-state index is 0.530. The lowest BCUT2D eigenvalue weighted by Gasteiger charge is -2.22. The molecule has 0 fully saturated rings. The van der Waals surface area contributed by atoms with Crippen LogP contribution in [0.2, 0.25) is 0 Å². The van der Waals surface area contributed by atoms with Crippen LogP contribution in [-0.2, 0) is 4.84 Å². The van der Waals surface area contributed by atoms with E-state index < -0.39 is 0 Å². The Bertz CT molecular complexity index is 177. The van der Waals surface area contributed by atoms with Crippen molar-refractivity contribution < 1.29 is 4.84 Å². The fraction of sp³-hybridized carbons (Fsp3) is 0.429. The fourth-order valence-corrected chi connectivity index (χ4v) is 0.783. The van der Waals surface area contributed by atoms with Gasteiger partial charge in [-0.3, -0.25) is 10.3 Å². The summed E-state index contributed by atoms with van der Waals surface area (Å²) in [6.45, 7) is 3.09. The summed E-state index contributed by atoms with van der Waals surface area (Å²) >= 11 is 0. The van der Waals surface area contributed by atoms with Crippen LogP contribution in [0.5, 0.6) is 0 Å². The van der Waals surface area contributed by atoms with Gasteiger partial charge >= 0.3 is 0 Å². The third-order valence-electron chi connectivity index (χ3n) is 1.29. The molecular formula is C7H13N3O. The Morgan fingerprint density at radius 2 is 2.55 bits per heavy atom. The Morgan fingerprint density at radius 3 is 3.18 bits per heavy atom. The molecule has 4 heteroatoms. The molecule has 0 atom stereocenters. The van der Waals surface area contributed by atoms with Gasteiger partial charge in [-0.25, -0.2) is 0 Å². The second-order valence-corrected chi connectivity index (χ2v) is 2.11. The zero-order chi connectivity index (χ0) is 8.10. The minimum atomic E-state index is 0.530. The molecule has 0 saturated heterocycles. The predicted molar refractivity (Wildman–Crippen MR) is 42.9 cm³/mol. The molecule has 11 heavy (non-hydrogen) atoms. The van der Waals surface area contributed by atoms with Gasteiger partial charge in [-0.2, -0.15) is 5.17 Å². The maximum atomic E-state index is 5.43. The molecule has 62 valence electrons. The van der Waals surface area contributed by atoms with E-state index in [-0.39, 0.29) is 0 Å². The largest absolute Gasteiger partial charge is 0.326 e. The number of hydroxylamine groups is 1. The van der Waals surface area contributed by atoms with E-state index in [0.29, 0.717) is 13.2 Å². The van der Waals surface area contributed by atoms with Crippen LogP contribution in [-0.4, -0.2) is 18.3 Å². The molecule has 0 aromatic heterocycles. The van der Waals surface area contributed by atoms with Gasteiger partial charge < -0.3 is 5.73 Å². The summed E-state index contributed by atoms with van der Waals surface area (Å²) in [5.41, 5.74) is 9.35. The molecule has 4 nitrogen and oxygen atoms in total. The maximum Gasteiger partial charge on any atom is 0.0742 e. The van der Waals surface area contributed by atoms with E-state index in [9.17, 15) is 0 Å². The van der Waals surface area contributed by atoms with E-state index in [2.05, 4.69) is 5.43 Å². The van der Waals surface area contributed by atoms with Crippen LogP contribution in [0.3, 0.4) is 0 Å². The van der Waals surface area contributed by atoms with Gasteiger partial charge in [0.2, 0.25) is 0 Å². The highest BCUT2D eigenvalue weighted by molar-refractivity contribution is 5.20. The van der Waals surface area contributed by atoms with Gasteiger partial charge in [-0.15, -0.1) is 0 Å². The van der Waals surface area contributed by atoms with E-state index >= 15 is 0 Å². The van der Waals surface area contributed by atoms with Gasteiger partial charge in [0.1, 0.15) is 0 Å². The van der Waals surface area contributed by atoms with Gasteiger partial charge in [0.05, 0.1) is 12.8 Å². The summed E-state index contributed by atoms with van der Waals surface area (Å²) in [4.78, 5) is 5.15. The first-order valence-corrected chi connectivity index (χ1v) is 3.62. The van der Waals surface area contributed by atoms with Gasteiger partial charge in [0, 0.05) is 12.7 Å². The normalized spacial score (nSPS) is 16.2. The molecule has 3 N–H and O–H groups in total. The number of rotatable bonds is 3. The molecule has 0 unspecified atom stereocenters. The summed E-state index contributed by atoms with van der Waals surface area (Å²) < 4.78 is 0. The standard InChI is InChI=1S/C7H13N3O/c1-2-11-10-6-7(5-8)3-4-9-10/h3-4,6,9H,2,5,8H2,1H3. The Kier molecular flexibility index (Phi) is 2.95. The van der Waals surface area contributed by atoms with Gasteiger partial charge in [0.25, 0.3) is 0 Å². The first-order chi connectivity index (χ1) is 5.36. The van der Waals surface area contributed by atoms with Crippen molar-refractivity contribution in [3.63, 3.8) is 0 Å². The summed E-state index contributed by atoms with van der Waals surface area (Å²) in [6, 6.07) is 0. The Balaban J connectivity index is 2.47. The third kappa shape index (κ3) is 2.25. The highest BCUT2D eigenvalue weighted by Crippen LogP contribution is 2.01. The van der Waals surface area contributed by atoms with Crippen LogP contribution in [0.15, 0.2) is 24.0 Å². The lowest BCUT2D eigenvalue weighted by molar-refractivity contribution is -0.144. The van der Waals surface area contributed by atoms with Crippen molar-refractivity contribution in [1.29, 1.82) is 0 Å². The summed E-state index contributed by atoms with van der Waals surface area (Å²) in [7, 11) is 0. The molecule has 0 saturated carbocycles. The zero-order valence-corrected chi connectivity index (χ0v) is 6.58. The van der Waals surface area contributed by atoms with Crippen molar-refractivity contribution >= 4 is 0 Å². The molecule has 0 spiro atoms. The molecule has 1 aliphatic heterocycles. The lowest BCUT2D eigenvalue weighted by atomic mass is 10.3. The zero-order valence-electron chi connectivity index (χ0n) is 6.58. The summed E-state index contributed by atoms with van der Waals surface area (Å²) in [6.07, 6.45) is 5.52. The molecule has 1 aliphatic rings. The first kappa shape index (κ1) is 8.10. The van der Waals surface area contributed by atoms with Crippen molar-refractivity contribution in [2.45, 2.75) is 6.92 Å². The van der Waals surface area contributed by atoms with Crippen molar-refractivity contribution in [2.24, 2.45) is 5.73 Å². The van der Waals surface area contributed by atoms with E-state index in [0.717, 1.165) is 5.57 Å². The molecule has 0 amide bonds. The third-order valence-corrected chi connectivity index (χ3v) is 1.29. The highest BCUT2D eigenvalue weighted by Gasteiger charge is 2.01. The van der Waals surface area contributed by atoms with Crippen LogP contribution in [0.1, 0.15) is 6.92 Å². The minimum Gasteiger partial charge on any atom is -0.326 e. The van der Waals surface area contributed by atoms with Crippen molar-refractivity contribution in [2.75, 3.05) is 13.2 Å². The van der Waals surface area contributed by atoms with Crippen LogP contribution >= 0.6 is 0 Å². The monoisotopic (exact) mass is 155 g/mol. The van der Waals surface area contributed by atoms with Crippen molar-refractivity contribution in [1.82, 2.24) is 10.6 Å². The van der Waals surface area contributed by atoms with Crippen LogP contribution < -0.4 is 11.2 Å². The van der Waals surface area contributed by atoms with E-state index in [1.165, 1.54) is 0 Å². The first-order valence-electron chi connectivity index (χ1n) is 3.62. The van der Waals surface area contributed by atoms with Gasteiger partial charge in [-0.1, -0.05) is 0 Å². The number of hydrogen-bond acceptors (Lipinski definition) is 4. The highest BCUT2D eigenvalue weighted by atomic mass is 16.7. The van der Waals surface area contributed by atoms with Gasteiger partial charge in [0.15, 0.2) is 0 Å². The molecule has 0 bridgehead atoms. The maximum absolute atomic E-state index is 5.43.